The van der Waals surface area contributed by atoms with Gasteiger partial charge in [-0.05, 0) is 66.8 Å². The van der Waals surface area contributed by atoms with Gasteiger partial charge in [-0.15, -0.1) is 0 Å². The zero-order valence-corrected chi connectivity index (χ0v) is 20.5. The fourth-order valence-corrected chi connectivity index (χ4v) is 5.47. The van der Waals surface area contributed by atoms with E-state index in [1.807, 2.05) is 30.3 Å². The zero-order chi connectivity index (χ0) is 23.4. The first-order valence-corrected chi connectivity index (χ1v) is 13.2. The number of anilines is 1. The van der Waals surface area contributed by atoms with Crippen LogP contribution >= 0.6 is 11.8 Å². The number of hydrogen-bond acceptors (Lipinski definition) is 6. The fraction of sp³-hybridized carbons (Fsp3) is 0.292. The third-order valence-corrected chi connectivity index (χ3v) is 7.39. The minimum Gasteiger partial charge on any atom is -0.280 e. The van der Waals surface area contributed by atoms with E-state index in [1.165, 1.54) is 18.1 Å². The van der Waals surface area contributed by atoms with Crippen molar-refractivity contribution in [3.63, 3.8) is 0 Å². The number of nitrogens with one attached hydrogen (secondary N) is 1. The summed E-state index contributed by atoms with van der Waals surface area (Å²) < 4.78 is 29.9. The third kappa shape index (κ3) is 5.72. The highest BCUT2D eigenvalue weighted by atomic mass is 32.2. The van der Waals surface area contributed by atoms with Gasteiger partial charge >= 0.3 is 0 Å². The van der Waals surface area contributed by atoms with Gasteiger partial charge in [-0.25, -0.2) is 13.4 Å². The van der Waals surface area contributed by atoms with Gasteiger partial charge in [0.15, 0.2) is 0 Å². The van der Waals surface area contributed by atoms with Crippen LogP contribution in [0.2, 0.25) is 0 Å². The summed E-state index contributed by atoms with van der Waals surface area (Å²) in [6.07, 6.45) is 4.29. The third-order valence-electron chi connectivity index (χ3n) is 4.98. The van der Waals surface area contributed by atoms with E-state index in [4.69, 9.17) is 0 Å². The van der Waals surface area contributed by atoms with Crippen molar-refractivity contribution in [2.45, 2.75) is 54.9 Å². The molecule has 1 N–H and O–H groups in total. The molecule has 0 aliphatic rings. The van der Waals surface area contributed by atoms with Gasteiger partial charge in [0.2, 0.25) is 0 Å². The Labute approximate surface area is 198 Å². The Kier molecular flexibility index (Phi) is 6.99. The van der Waals surface area contributed by atoms with Crippen molar-refractivity contribution < 1.29 is 8.42 Å². The van der Waals surface area contributed by atoms with E-state index in [0.29, 0.717) is 17.4 Å². The van der Waals surface area contributed by atoms with Crippen LogP contribution in [0, 0.1) is 5.92 Å². The quantitative estimate of drug-likeness (QED) is 0.329. The summed E-state index contributed by atoms with van der Waals surface area (Å²) in [5.74, 6) is 1.10. The van der Waals surface area contributed by atoms with Crippen molar-refractivity contribution in [2.75, 3.05) is 4.72 Å². The van der Waals surface area contributed by atoms with Crippen LogP contribution < -0.4 is 4.72 Å². The van der Waals surface area contributed by atoms with Crippen LogP contribution in [0.1, 0.15) is 38.4 Å². The summed E-state index contributed by atoms with van der Waals surface area (Å²) in [6, 6.07) is 16.4. The predicted octanol–water partition coefficient (Wildman–Crippen LogP) is 5.23. The summed E-state index contributed by atoms with van der Waals surface area (Å²) in [7, 11) is -3.65. The second-order valence-electron chi connectivity index (χ2n) is 8.28. The van der Waals surface area contributed by atoms with Gasteiger partial charge in [0.05, 0.1) is 4.90 Å². The highest BCUT2D eigenvalue weighted by Gasteiger charge is 2.15. The Balaban J connectivity index is 1.48. The molecule has 0 radical (unpaired) electrons. The van der Waals surface area contributed by atoms with Crippen molar-refractivity contribution in [3.8, 4) is 0 Å². The topological polar surface area (TPSA) is 89.2 Å². The Hall–Kier alpha value is -2.91. The summed E-state index contributed by atoms with van der Waals surface area (Å²) >= 11 is 1.53. The first-order chi connectivity index (χ1) is 15.8. The standard InChI is InChI=1S/C24H27N5O2S2/c1-4-5-20-15-23(29-24(27-20)25-16-26-29)32-21-10-8-19(9-11-21)28-33(30,31)22-12-6-18(7-13-22)14-17(2)3/h6-13,15-17,28H,4-5,14H2,1-3H3. The van der Waals surface area contributed by atoms with E-state index in [9.17, 15) is 8.42 Å². The maximum Gasteiger partial charge on any atom is 0.261 e. The molecule has 2 aromatic heterocycles. The van der Waals surface area contributed by atoms with Crippen LogP contribution in [0.3, 0.4) is 0 Å². The van der Waals surface area contributed by atoms with Gasteiger partial charge in [0.25, 0.3) is 15.8 Å². The lowest BCUT2D eigenvalue weighted by molar-refractivity contribution is 0.601. The second-order valence-corrected chi connectivity index (χ2v) is 11.1. The number of aryl methyl sites for hydroxylation is 1. The smallest absolute Gasteiger partial charge is 0.261 e. The van der Waals surface area contributed by atoms with E-state index in [0.717, 1.165) is 40.4 Å². The van der Waals surface area contributed by atoms with E-state index in [-0.39, 0.29) is 4.90 Å². The Morgan fingerprint density at radius 1 is 1.06 bits per heavy atom. The summed E-state index contributed by atoms with van der Waals surface area (Å²) in [5, 5.41) is 5.18. The fourth-order valence-electron chi connectivity index (χ4n) is 3.49. The summed E-state index contributed by atoms with van der Waals surface area (Å²) in [5.41, 5.74) is 2.62. The molecule has 0 saturated carbocycles. The molecule has 0 bridgehead atoms. The van der Waals surface area contributed by atoms with Crippen LogP contribution in [0.4, 0.5) is 5.69 Å². The molecule has 0 aliphatic carbocycles. The van der Waals surface area contributed by atoms with Crippen molar-refractivity contribution in [3.05, 3.63) is 72.2 Å². The van der Waals surface area contributed by atoms with Gasteiger partial charge in [0.1, 0.15) is 11.4 Å². The molecule has 2 heterocycles. The van der Waals surface area contributed by atoms with E-state index >= 15 is 0 Å². The molecule has 9 heteroatoms. The minimum absolute atomic E-state index is 0.252. The molecule has 33 heavy (non-hydrogen) atoms. The van der Waals surface area contributed by atoms with Crippen LogP contribution in [0.15, 0.2) is 75.7 Å². The molecule has 4 aromatic rings. The summed E-state index contributed by atoms with van der Waals surface area (Å²) in [6.45, 7) is 6.39. The molecule has 0 unspecified atom stereocenters. The van der Waals surface area contributed by atoms with E-state index < -0.39 is 10.0 Å². The SMILES string of the molecule is CCCc1cc(Sc2ccc(NS(=O)(=O)c3ccc(CC(C)C)cc3)cc2)n2ncnc2n1. The molecule has 2 aromatic carbocycles. The van der Waals surface area contributed by atoms with E-state index in [2.05, 4.69) is 40.6 Å². The Bertz CT molecular complexity index is 1330. The molecular weight excluding hydrogens is 454 g/mol. The molecule has 0 aliphatic heterocycles. The molecular formula is C24H27N5O2S2. The van der Waals surface area contributed by atoms with Crippen molar-refractivity contribution in [2.24, 2.45) is 5.92 Å². The number of nitrogens with zero attached hydrogens (tertiary/aromatic N) is 4. The van der Waals surface area contributed by atoms with Gasteiger partial charge in [-0.2, -0.15) is 14.6 Å². The van der Waals surface area contributed by atoms with Crippen LogP contribution in [-0.2, 0) is 22.9 Å². The monoisotopic (exact) mass is 481 g/mol. The molecule has 0 saturated heterocycles. The van der Waals surface area contributed by atoms with Crippen molar-refractivity contribution in [1.29, 1.82) is 0 Å². The number of hydrogen-bond donors (Lipinski definition) is 1. The Morgan fingerprint density at radius 3 is 2.45 bits per heavy atom. The minimum atomic E-state index is -3.65. The van der Waals surface area contributed by atoms with Crippen LogP contribution in [-0.4, -0.2) is 28.0 Å². The first-order valence-electron chi connectivity index (χ1n) is 10.9. The Morgan fingerprint density at radius 2 is 1.79 bits per heavy atom. The number of rotatable bonds is 9. The van der Waals surface area contributed by atoms with Crippen molar-refractivity contribution in [1.82, 2.24) is 19.6 Å². The largest absolute Gasteiger partial charge is 0.280 e. The number of sulfonamides is 1. The van der Waals surface area contributed by atoms with E-state index in [1.54, 1.807) is 28.8 Å². The molecule has 0 atom stereocenters. The second kappa shape index (κ2) is 9.93. The van der Waals surface area contributed by atoms with Crippen LogP contribution in [0.25, 0.3) is 5.78 Å². The normalized spacial score (nSPS) is 11.9. The lowest BCUT2D eigenvalue weighted by atomic mass is 10.0. The lowest BCUT2D eigenvalue weighted by Crippen LogP contribution is -2.13. The highest BCUT2D eigenvalue weighted by Crippen LogP contribution is 2.29. The van der Waals surface area contributed by atoms with Gasteiger partial charge in [-0.3, -0.25) is 4.72 Å². The number of fused-ring (bicyclic) bond motifs is 1. The number of aromatic nitrogens is 4. The van der Waals surface area contributed by atoms with Gasteiger partial charge in [-0.1, -0.05) is 51.1 Å². The average Bonchev–Trinajstić information content (AvgIpc) is 3.24. The van der Waals surface area contributed by atoms with Crippen LogP contribution in [0.5, 0.6) is 0 Å². The maximum atomic E-state index is 12.8. The molecule has 0 spiro atoms. The molecule has 0 fully saturated rings. The van der Waals surface area contributed by atoms with Crippen molar-refractivity contribution >= 4 is 33.3 Å². The molecule has 172 valence electrons. The molecule has 0 amide bonds. The predicted molar refractivity (Wildman–Crippen MR) is 131 cm³/mol. The average molecular weight is 482 g/mol. The lowest BCUT2D eigenvalue weighted by Gasteiger charge is -2.11. The van der Waals surface area contributed by atoms with Gasteiger partial charge < -0.3 is 0 Å². The summed E-state index contributed by atoms with van der Waals surface area (Å²) in [4.78, 5) is 9.96. The van der Waals surface area contributed by atoms with Gasteiger partial charge in [0, 0.05) is 16.3 Å². The zero-order valence-electron chi connectivity index (χ0n) is 18.9. The molecule has 4 rings (SSSR count). The maximum absolute atomic E-state index is 12.8. The first kappa shape index (κ1) is 23.3. The molecule has 7 nitrogen and oxygen atoms in total. The highest BCUT2D eigenvalue weighted by molar-refractivity contribution is 7.99. The number of benzene rings is 2.